The summed E-state index contributed by atoms with van der Waals surface area (Å²) >= 11 is 0. The molecule has 1 aromatic rings. The highest BCUT2D eigenvalue weighted by atomic mass is 16.5. The first-order chi connectivity index (χ1) is 8.70. The number of ether oxygens (including phenoxy) is 1. The minimum absolute atomic E-state index is 0.309. The smallest absolute Gasteiger partial charge is 0.0931 e. The lowest BCUT2D eigenvalue weighted by atomic mass is 10.2. The van der Waals surface area contributed by atoms with Gasteiger partial charge in [-0.15, -0.1) is 0 Å². The molecule has 4 nitrogen and oxygen atoms in total. The Morgan fingerprint density at radius 3 is 3.00 bits per heavy atom. The Morgan fingerprint density at radius 2 is 2.39 bits per heavy atom. The van der Waals surface area contributed by atoms with Gasteiger partial charge in [0.15, 0.2) is 0 Å². The topological polar surface area (TPSA) is 45.6 Å². The molecule has 1 saturated heterocycles. The highest BCUT2D eigenvalue weighted by molar-refractivity contribution is 5.45. The van der Waals surface area contributed by atoms with E-state index < -0.39 is 6.10 Å². The van der Waals surface area contributed by atoms with E-state index in [0.29, 0.717) is 6.10 Å². The Morgan fingerprint density at radius 1 is 1.56 bits per heavy atom. The maximum atomic E-state index is 9.45. The Labute approximate surface area is 109 Å². The fourth-order valence-corrected chi connectivity index (χ4v) is 2.21. The molecule has 0 aliphatic carbocycles. The maximum Gasteiger partial charge on any atom is 0.0931 e. The van der Waals surface area contributed by atoms with Gasteiger partial charge in [0.1, 0.15) is 0 Å². The molecule has 0 spiro atoms. The average molecular weight is 250 g/mol. The summed E-state index contributed by atoms with van der Waals surface area (Å²) in [5.41, 5.74) is 1.83. The standard InChI is InChI=1S/C14H22N2O2/c1-3-13-10-16(7-4-8-18-13)12-5-6-14(11(2)17)15-9-12/h5-6,9,11,13,17H,3-4,7-8,10H2,1-2H3. The fourth-order valence-electron chi connectivity index (χ4n) is 2.21. The summed E-state index contributed by atoms with van der Waals surface area (Å²) in [6.45, 7) is 6.66. The number of aliphatic hydroxyl groups excluding tert-OH is 1. The Bertz CT molecular complexity index is 365. The van der Waals surface area contributed by atoms with E-state index in [1.54, 1.807) is 6.92 Å². The van der Waals surface area contributed by atoms with Crippen molar-refractivity contribution in [2.45, 2.75) is 38.9 Å². The second kappa shape index (κ2) is 6.16. The van der Waals surface area contributed by atoms with Crippen LogP contribution in [0.1, 0.15) is 38.5 Å². The molecule has 1 fully saturated rings. The number of aromatic nitrogens is 1. The van der Waals surface area contributed by atoms with Crippen LogP contribution in [0.4, 0.5) is 5.69 Å². The van der Waals surface area contributed by atoms with Crippen molar-refractivity contribution in [3.63, 3.8) is 0 Å². The van der Waals surface area contributed by atoms with Gasteiger partial charge in [-0.05, 0) is 31.9 Å². The summed E-state index contributed by atoms with van der Waals surface area (Å²) in [6, 6.07) is 3.93. The van der Waals surface area contributed by atoms with Crippen molar-refractivity contribution >= 4 is 5.69 Å². The zero-order chi connectivity index (χ0) is 13.0. The van der Waals surface area contributed by atoms with Crippen LogP contribution in [0.15, 0.2) is 18.3 Å². The summed E-state index contributed by atoms with van der Waals surface area (Å²) in [7, 11) is 0. The molecule has 1 N–H and O–H groups in total. The zero-order valence-electron chi connectivity index (χ0n) is 11.2. The van der Waals surface area contributed by atoms with Crippen molar-refractivity contribution < 1.29 is 9.84 Å². The molecular weight excluding hydrogens is 228 g/mol. The monoisotopic (exact) mass is 250 g/mol. The Hall–Kier alpha value is -1.13. The van der Waals surface area contributed by atoms with E-state index in [9.17, 15) is 5.11 Å². The summed E-state index contributed by atoms with van der Waals surface area (Å²) in [5.74, 6) is 0. The van der Waals surface area contributed by atoms with E-state index in [2.05, 4.69) is 16.8 Å². The van der Waals surface area contributed by atoms with E-state index in [-0.39, 0.29) is 0 Å². The van der Waals surface area contributed by atoms with Crippen molar-refractivity contribution in [1.29, 1.82) is 0 Å². The van der Waals surface area contributed by atoms with Crippen molar-refractivity contribution in [2.75, 3.05) is 24.6 Å². The van der Waals surface area contributed by atoms with Gasteiger partial charge in [-0.25, -0.2) is 0 Å². The number of anilines is 1. The van der Waals surface area contributed by atoms with E-state index in [0.717, 1.165) is 43.9 Å². The van der Waals surface area contributed by atoms with Crippen LogP contribution in [0, 0.1) is 0 Å². The van der Waals surface area contributed by atoms with Crippen LogP contribution in [0.2, 0.25) is 0 Å². The fraction of sp³-hybridized carbons (Fsp3) is 0.643. The molecule has 0 aromatic carbocycles. The summed E-state index contributed by atoms with van der Waals surface area (Å²) in [6.07, 6.45) is 3.74. The second-order valence-electron chi connectivity index (χ2n) is 4.82. The largest absolute Gasteiger partial charge is 0.387 e. The Balaban J connectivity index is 2.09. The first kappa shape index (κ1) is 13.3. The van der Waals surface area contributed by atoms with Crippen LogP contribution < -0.4 is 4.90 Å². The van der Waals surface area contributed by atoms with E-state index in [4.69, 9.17) is 4.74 Å². The molecule has 2 heterocycles. The molecule has 1 aliphatic heterocycles. The quantitative estimate of drug-likeness (QED) is 0.892. The van der Waals surface area contributed by atoms with Crippen molar-refractivity contribution in [3.05, 3.63) is 24.0 Å². The molecule has 100 valence electrons. The molecule has 2 atom stereocenters. The minimum atomic E-state index is -0.505. The van der Waals surface area contributed by atoms with Gasteiger partial charge in [0.05, 0.1) is 29.8 Å². The van der Waals surface area contributed by atoms with Crippen LogP contribution in [-0.4, -0.2) is 35.9 Å². The molecule has 0 radical (unpaired) electrons. The van der Waals surface area contributed by atoms with Crippen LogP contribution in [-0.2, 0) is 4.74 Å². The minimum Gasteiger partial charge on any atom is -0.387 e. The van der Waals surface area contributed by atoms with E-state index >= 15 is 0 Å². The molecule has 1 aromatic heterocycles. The van der Waals surface area contributed by atoms with Gasteiger partial charge in [-0.1, -0.05) is 6.92 Å². The predicted molar refractivity (Wildman–Crippen MR) is 71.7 cm³/mol. The normalized spacial score (nSPS) is 22.6. The first-order valence-electron chi connectivity index (χ1n) is 6.71. The third-order valence-corrected chi connectivity index (χ3v) is 3.37. The lowest BCUT2D eigenvalue weighted by Crippen LogP contribution is -2.31. The van der Waals surface area contributed by atoms with Gasteiger partial charge in [0.25, 0.3) is 0 Å². The lowest BCUT2D eigenvalue weighted by molar-refractivity contribution is 0.0664. The molecule has 0 bridgehead atoms. The van der Waals surface area contributed by atoms with Gasteiger partial charge >= 0.3 is 0 Å². The van der Waals surface area contributed by atoms with Crippen LogP contribution in [0.5, 0.6) is 0 Å². The molecule has 2 unspecified atom stereocenters. The molecule has 1 aliphatic rings. The molecule has 18 heavy (non-hydrogen) atoms. The Kier molecular flexibility index (Phi) is 4.55. The van der Waals surface area contributed by atoms with Crippen LogP contribution in [0.25, 0.3) is 0 Å². The van der Waals surface area contributed by atoms with Gasteiger partial charge in [0, 0.05) is 19.7 Å². The van der Waals surface area contributed by atoms with E-state index in [1.165, 1.54) is 0 Å². The van der Waals surface area contributed by atoms with Gasteiger partial charge in [-0.2, -0.15) is 0 Å². The summed E-state index contributed by atoms with van der Waals surface area (Å²) in [5, 5.41) is 9.45. The molecule has 0 amide bonds. The second-order valence-corrected chi connectivity index (χ2v) is 4.82. The number of aliphatic hydroxyl groups is 1. The van der Waals surface area contributed by atoms with Crippen molar-refractivity contribution in [1.82, 2.24) is 4.98 Å². The lowest BCUT2D eigenvalue weighted by Gasteiger charge is -2.25. The van der Waals surface area contributed by atoms with Crippen molar-refractivity contribution in [2.24, 2.45) is 0 Å². The predicted octanol–water partition coefficient (Wildman–Crippen LogP) is 2.14. The number of hydrogen-bond donors (Lipinski definition) is 1. The summed E-state index contributed by atoms with van der Waals surface area (Å²) < 4.78 is 5.76. The molecule has 2 rings (SSSR count). The average Bonchev–Trinajstić information content (AvgIpc) is 2.64. The van der Waals surface area contributed by atoms with Crippen LogP contribution in [0.3, 0.4) is 0 Å². The number of rotatable bonds is 3. The molecule has 4 heteroatoms. The van der Waals surface area contributed by atoms with Crippen LogP contribution >= 0.6 is 0 Å². The zero-order valence-corrected chi connectivity index (χ0v) is 11.2. The van der Waals surface area contributed by atoms with E-state index in [1.807, 2.05) is 18.3 Å². The first-order valence-corrected chi connectivity index (χ1v) is 6.71. The number of pyridine rings is 1. The van der Waals surface area contributed by atoms with Gasteiger partial charge in [0.2, 0.25) is 0 Å². The molecule has 0 saturated carbocycles. The van der Waals surface area contributed by atoms with Crippen molar-refractivity contribution in [3.8, 4) is 0 Å². The van der Waals surface area contributed by atoms with Gasteiger partial charge in [-0.3, -0.25) is 4.98 Å². The summed E-state index contributed by atoms with van der Waals surface area (Å²) in [4.78, 5) is 6.62. The van der Waals surface area contributed by atoms with Gasteiger partial charge < -0.3 is 14.7 Å². The number of hydrogen-bond acceptors (Lipinski definition) is 4. The number of nitrogens with zero attached hydrogens (tertiary/aromatic N) is 2. The highest BCUT2D eigenvalue weighted by Crippen LogP contribution is 2.19. The highest BCUT2D eigenvalue weighted by Gasteiger charge is 2.17. The molecular formula is C14H22N2O2. The SMILES string of the molecule is CCC1CN(c2ccc(C(C)O)nc2)CCCO1. The third-order valence-electron chi connectivity index (χ3n) is 3.37. The maximum absolute atomic E-state index is 9.45. The third kappa shape index (κ3) is 3.21.